The van der Waals surface area contributed by atoms with Gasteiger partial charge >= 0.3 is 0 Å². The first-order valence-electron chi connectivity index (χ1n) is 9.91. The maximum Gasteiger partial charge on any atom is 0.262 e. The van der Waals surface area contributed by atoms with Gasteiger partial charge in [-0.05, 0) is 49.7 Å². The highest BCUT2D eigenvalue weighted by Crippen LogP contribution is 2.20. The van der Waals surface area contributed by atoms with Gasteiger partial charge in [0.05, 0.1) is 10.9 Å². The van der Waals surface area contributed by atoms with Crippen molar-refractivity contribution in [3.8, 4) is 0 Å². The van der Waals surface area contributed by atoms with E-state index in [9.17, 15) is 14.4 Å². The molecule has 0 unspecified atom stereocenters. The molecule has 3 rings (SSSR count). The van der Waals surface area contributed by atoms with E-state index in [1.165, 1.54) is 4.57 Å². The van der Waals surface area contributed by atoms with E-state index in [1.807, 2.05) is 6.92 Å². The second-order valence-electron chi connectivity index (χ2n) is 7.25. The molecule has 154 valence electrons. The smallest absolute Gasteiger partial charge is 0.262 e. The van der Waals surface area contributed by atoms with E-state index >= 15 is 0 Å². The van der Waals surface area contributed by atoms with E-state index in [0.717, 1.165) is 6.42 Å². The fourth-order valence-electron chi connectivity index (χ4n) is 3.60. The molecule has 1 fully saturated rings. The van der Waals surface area contributed by atoms with Crippen molar-refractivity contribution in [2.75, 3.05) is 19.6 Å². The van der Waals surface area contributed by atoms with Crippen LogP contribution in [-0.4, -0.2) is 45.9 Å². The highest BCUT2D eigenvalue weighted by atomic mass is 32.1. The van der Waals surface area contributed by atoms with Crippen molar-refractivity contribution in [2.24, 2.45) is 5.92 Å². The van der Waals surface area contributed by atoms with Crippen LogP contribution in [0.3, 0.4) is 0 Å². The van der Waals surface area contributed by atoms with Gasteiger partial charge in [-0.25, -0.2) is 0 Å². The molecular weight excluding hydrogens is 388 g/mol. The van der Waals surface area contributed by atoms with Crippen LogP contribution in [-0.2, 0) is 11.3 Å². The van der Waals surface area contributed by atoms with Gasteiger partial charge in [-0.1, -0.05) is 13.0 Å². The van der Waals surface area contributed by atoms with Crippen molar-refractivity contribution in [1.82, 2.24) is 19.8 Å². The van der Waals surface area contributed by atoms with Gasteiger partial charge in [0.15, 0.2) is 4.77 Å². The molecule has 29 heavy (non-hydrogen) atoms. The molecule has 0 saturated carbocycles. The zero-order valence-electron chi connectivity index (χ0n) is 16.6. The second kappa shape index (κ2) is 9.17. The Bertz CT molecular complexity index is 1050. The summed E-state index contributed by atoms with van der Waals surface area (Å²) < 4.78 is 1.73. The van der Waals surface area contributed by atoms with Crippen molar-refractivity contribution < 1.29 is 9.59 Å². The van der Waals surface area contributed by atoms with Crippen LogP contribution < -0.4 is 10.9 Å². The van der Waals surface area contributed by atoms with Gasteiger partial charge in [0, 0.05) is 37.7 Å². The first-order chi connectivity index (χ1) is 14.0. The Hall–Kier alpha value is -2.74. The Balaban J connectivity index is 1.76. The number of hydrogen-bond acceptors (Lipinski definition) is 4. The van der Waals surface area contributed by atoms with Crippen LogP contribution in [0.5, 0.6) is 0 Å². The molecule has 1 saturated heterocycles. The van der Waals surface area contributed by atoms with E-state index in [-0.39, 0.29) is 23.3 Å². The molecule has 0 radical (unpaired) electrons. The molecule has 0 bridgehead atoms. The molecule has 1 aliphatic rings. The zero-order chi connectivity index (χ0) is 21.0. The predicted molar refractivity (Wildman–Crippen MR) is 116 cm³/mol. The van der Waals surface area contributed by atoms with Crippen molar-refractivity contribution in [3.63, 3.8) is 0 Å². The van der Waals surface area contributed by atoms with E-state index < -0.39 is 0 Å². The van der Waals surface area contributed by atoms with Crippen molar-refractivity contribution >= 4 is 34.9 Å². The molecule has 1 aromatic carbocycles. The van der Waals surface area contributed by atoms with Gasteiger partial charge in [0.2, 0.25) is 5.91 Å². The molecule has 2 heterocycles. The number of benzene rings is 1. The number of carbonyl (C=O) groups is 2. The van der Waals surface area contributed by atoms with Gasteiger partial charge in [-0.15, -0.1) is 6.58 Å². The average Bonchev–Trinajstić information content (AvgIpc) is 2.74. The Morgan fingerprint density at radius 3 is 2.72 bits per heavy atom. The molecule has 1 aromatic heterocycles. The van der Waals surface area contributed by atoms with Crippen LogP contribution in [0.2, 0.25) is 0 Å². The first kappa shape index (κ1) is 21.0. The summed E-state index contributed by atoms with van der Waals surface area (Å²) in [6, 6.07) is 5.00. The minimum absolute atomic E-state index is 0.0402. The minimum Gasteiger partial charge on any atom is -0.356 e. The number of aromatic nitrogens is 2. The number of hydrogen-bond donors (Lipinski definition) is 2. The van der Waals surface area contributed by atoms with Crippen LogP contribution in [0.4, 0.5) is 0 Å². The summed E-state index contributed by atoms with van der Waals surface area (Å²) in [6.45, 7) is 7.75. The molecule has 2 N–H and O–H groups in total. The Kier molecular flexibility index (Phi) is 6.64. The number of H-pyrrole nitrogens is 1. The molecule has 7 nitrogen and oxygen atoms in total. The Morgan fingerprint density at radius 2 is 2.07 bits per heavy atom. The Labute approximate surface area is 174 Å². The fourth-order valence-corrected chi connectivity index (χ4v) is 3.87. The van der Waals surface area contributed by atoms with Crippen molar-refractivity contribution in [1.29, 1.82) is 0 Å². The molecule has 2 aromatic rings. The number of amides is 2. The van der Waals surface area contributed by atoms with E-state index in [0.29, 0.717) is 60.3 Å². The number of nitrogens with one attached hydrogen (secondary N) is 2. The number of piperidine rings is 1. The lowest BCUT2D eigenvalue weighted by molar-refractivity contribution is -0.126. The lowest BCUT2D eigenvalue weighted by Crippen LogP contribution is -2.43. The largest absolute Gasteiger partial charge is 0.356 e. The summed E-state index contributed by atoms with van der Waals surface area (Å²) in [5.74, 6) is -0.0661. The molecule has 0 spiro atoms. The number of rotatable bonds is 6. The summed E-state index contributed by atoms with van der Waals surface area (Å²) in [5, 5.41) is 3.40. The van der Waals surface area contributed by atoms with Gasteiger partial charge in [0.25, 0.3) is 11.5 Å². The van der Waals surface area contributed by atoms with Crippen LogP contribution in [0.15, 0.2) is 35.6 Å². The highest BCUT2D eigenvalue weighted by molar-refractivity contribution is 7.71. The molecule has 0 aliphatic carbocycles. The number of fused-ring (bicyclic) bond motifs is 1. The van der Waals surface area contributed by atoms with Gasteiger partial charge in [-0.2, -0.15) is 0 Å². The van der Waals surface area contributed by atoms with E-state index in [4.69, 9.17) is 12.2 Å². The third kappa shape index (κ3) is 4.48. The maximum absolute atomic E-state index is 12.9. The topological polar surface area (TPSA) is 87.2 Å². The molecule has 8 heteroatoms. The third-order valence-electron chi connectivity index (χ3n) is 5.24. The summed E-state index contributed by atoms with van der Waals surface area (Å²) in [5.41, 5.74) is 0.833. The Morgan fingerprint density at radius 1 is 1.34 bits per heavy atom. The zero-order valence-corrected chi connectivity index (χ0v) is 17.4. The average molecular weight is 415 g/mol. The summed E-state index contributed by atoms with van der Waals surface area (Å²) in [6.07, 6.45) is 3.83. The van der Waals surface area contributed by atoms with E-state index in [2.05, 4.69) is 16.9 Å². The van der Waals surface area contributed by atoms with Crippen LogP contribution >= 0.6 is 12.2 Å². The van der Waals surface area contributed by atoms with Gasteiger partial charge < -0.3 is 15.2 Å². The third-order valence-corrected chi connectivity index (χ3v) is 5.57. The van der Waals surface area contributed by atoms with E-state index in [1.54, 1.807) is 29.2 Å². The highest BCUT2D eigenvalue weighted by Gasteiger charge is 2.27. The SMILES string of the molecule is C=CCn1c(=S)[nH]c2cc(C(=O)N3CCC(C(=O)NCCC)CC3)ccc2c1=O. The number of carbonyl (C=O) groups excluding carboxylic acids is 2. The lowest BCUT2D eigenvalue weighted by atomic mass is 9.95. The number of nitrogens with zero attached hydrogens (tertiary/aromatic N) is 2. The molecule has 0 atom stereocenters. The standard InChI is InChI=1S/C21H26N4O3S/c1-3-9-22-18(26)14-7-11-24(12-8-14)19(27)15-5-6-16-17(13-15)23-21(29)25(10-4-2)20(16)28/h4-6,13-14H,2-3,7-12H2,1H3,(H,22,26)(H,23,29). The fraction of sp³-hybridized carbons (Fsp3) is 0.429. The summed E-state index contributed by atoms with van der Waals surface area (Å²) >= 11 is 5.26. The summed E-state index contributed by atoms with van der Waals surface area (Å²) in [4.78, 5) is 42.4. The predicted octanol–water partition coefficient (Wildman–Crippen LogP) is 2.62. The first-order valence-corrected chi connectivity index (χ1v) is 10.3. The second-order valence-corrected chi connectivity index (χ2v) is 7.64. The van der Waals surface area contributed by atoms with Gasteiger partial charge in [-0.3, -0.25) is 19.0 Å². The lowest BCUT2D eigenvalue weighted by Gasteiger charge is -2.31. The van der Waals surface area contributed by atoms with Crippen molar-refractivity contribution in [2.45, 2.75) is 32.7 Å². The monoisotopic (exact) mass is 414 g/mol. The maximum atomic E-state index is 12.9. The number of aromatic amines is 1. The van der Waals surface area contributed by atoms with Gasteiger partial charge in [0.1, 0.15) is 0 Å². The quantitative estimate of drug-likeness (QED) is 0.562. The number of likely N-dealkylation sites (tertiary alicyclic amines) is 1. The van der Waals surface area contributed by atoms with Crippen LogP contribution in [0.25, 0.3) is 10.9 Å². The van der Waals surface area contributed by atoms with Crippen LogP contribution in [0.1, 0.15) is 36.5 Å². The summed E-state index contributed by atoms with van der Waals surface area (Å²) in [7, 11) is 0. The molecular formula is C21H26N4O3S. The van der Waals surface area contributed by atoms with Crippen molar-refractivity contribution in [3.05, 3.63) is 51.5 Å². The van der Waals surface area contributed by atoms with Crippen LogP contribution in [0, 0.1) is 10.7 Å². The normalized spacial score (nSPS) is 14.7. The molecule has 2 amide bonds. The minimum atomic E-state index is -0.207. The molecule has 1 aliphatic heterocycles. The number of allylic oxidation sites excluding steroid dienone is 1.